The van der Waals surface area contributed by atoms with E-state index < -0.39 is 0 Å². The summed E-state index contributed by atoms with van der Waals surface area (Å²) in [6, 6.07) is 12.2. The molecule has 3 rings (SSSR count). The van der Waals surface area contributed by atoms with E-state index in [-0.39, 0.29) is 11.4 Å². The first-order valence-electron chi connectivity index (χ1n) is 7.39. The standard InChI is InChI=1S/C17H17N3O3/c21-12-13-1-6-17(22)16(11-13)19-18-14-2-4-15(5-3-14)20-7-9-23-10-8-20/h1-6,11-12,22H,7-10H2. The fourth-order valence-corrected chi connectivity index (χ4v) is 2.36. The Bertz CT molecular complexity index is 708. The number of carbonyl (C=O) groups excluding carboxylic acids is 1. The molecule has 0 unspecified atom stereocenters. The highest BCUT2D eigenvalue weighted by Crippen LogP contribution is 2.29. The highest BCUT2D eigenvalue weighted by Gasteiger charge is 2.10. The van der Waals surface area contributed by atoms with Crippen LogP contribution in [-0.2, 0) is 4.74 Å². The van der Waals surface area contributed by atoms with Crippen LogP contribution in [0.25, 0.3) is 0 Å². The van der Waals surface area contributed by atoms with Crippen LogP contribution >= 0.6 is 0 Å². The van der Waals surface area contributed by atoms with E-state index in [9.17, 15) is 9.90 Å². The van der Waals surface area contributed by atoms with Crippen molar-refractivity contribution in [3.8, 4) is 5.75 Å². The number of hydrogen-bond donors (Lipinski definition) is 1. The van der Waals surface area contributed by atoms with Crippen molar-refractivity contribution in [2.24, 2.45) is 10.2 Å². The molecule has 0 aromatic heterocycles. The minimum Gasteiger partial charge on any atom is -0.506 e. The molecule has 1 fully saturated rings. The zero-order valence-electron chi connectivity index (χ0n) is 12.6. The maximum absolute atomic E-state index is 10.8. The van der Waals surface area contributed by atoms with E-state index in [2.05, 4.69) is 15.1 Å². The number of rotatable bonds is 4. The summed E-state index contributed by atoms with van der Waals surface area (Å²) in [5.74, 6) is -0.00992. The number of anilines is 1. The summed E-state index contributed by atoms with van der Waals surface area (Å²) in [5, 5.41) is 17.8. The average Bonchev–Trinajstić information content (AvgIpc) is 2.62. The number of hydrogen-bond acceptors (Lipinski definition) is 6. The molecule has 6 heteroatoms. The molecule has 1 saturated heterocycles. The zero-order chi connectivity index (χ0) is 16.1. The van der Waals surface area contributed by atoms with Gasteiger partial charge in [0.2, 0.25) is 0 Å². The van der Waals surface area contributed by atoms with Crippen LogP contribution in [-0.4, -0.2) is 37.7 Å². The van der Waals surface area contributed by atoms with E-state index >= 15 is 0 Å². The molecule has 1 aliphatic heterocycles. The SMILES string of the molecule is O=Cc1ccc(O)c(N=Nc2ccc(N3CCOCC3)cc2)c1. The largest absolute Gasteiger partial charge is 0.506 e. The van der Waals surface area contributed by atoms with Crippen molar-refractivity contribution >= 4 is 23.3 Å². The summed E-state index contributed by atoms with van der Waals surface area (Å²) >= 11 is 0. The van der Waals surface area contributed by atoms with Crippen molar-refractivity contribution < 1.29 is 14.6 Å². The van der Waals surface area contributed by atoms with Crippen molar-refractivity contribution in [3.05, 3.63) is 48.0 Å². The van der Waals surface area contributed by atoms with E-state index in [0.29, 0.717) is 17.5 Å². The smallest absolute Gasteiger partial charge is 0.150 e. The highest BCUT2D eigenvalue weighted by atomic mass is 16.5. The molecule has 1 N–H and O–H groups in total. The Balaban J connectivity index is 1.74. The number of benzene rings is 2. The molecule has 0 saturated carbocycles. The Hall–Kier alpha value is -2.73. The molecule has 118 valence electrons. The quantitative estimate of drug-likeness (QED) is 0.693. The minimum atomic E-state index is -0.00992. The van der Waals surface area contributed by atoms with Crippen LogP contribution in [0.3, 0.4) is 0 Å². The number of phenolic OH excluding ortho intramolecular Hbond substituents is 1. The van der Waals surface area contributed by atoms with E-state index in [0.717, 1.165) is 32.0 Å². The highest BCUT2D eigenvalue weighted by molar-refractivity contribution is 5.77. The number of nitrogens with zero attached hydrogens (tertiary/aromatic N) is 3. The normalized spacial score (nSPS) is 15.0. The van der Waals surface area contributed by atoms with Gasteiger partial charge in [-0.1, -0.05) is 0 Å². The summed E-state index contributed by atoms with van der Waals surface area (Å²) < 4.78 is 5.34. The number of morpholine rings is 1. The maximum atomic E-state index is 10.8. The molecule has 1 heterocycles. The number of aromatic hydroxyl groups is 1. The molecule has 0 bridgehead atoms. The van der Waals surface area contributed by atoms with Gasteiger partial charge in [-0.05, 0) is 42.5 Å². The Labute approximate surface area is 134 Å². The lowest BCUT2D eigenvalue weighted by Crippen LogP contribution is -2.36. The molecule has 2 aromatic rings. The minimum absolute atomic E-state index is 0.00992. The molecule has 2 aromatic carbocycles. The summed E-state index contributed by atoms with van der Waals surface area (Å²) in [6.07, 6.45) is 0.704. The van der Waals surface area contributed by atoms with Gasteiger partial charge in [0.15, 0.2) is 0 Å². The van der Waals surface area contributed by atoms with Crippen LogP contribution in [0.4, 0.5) is 17.1 Å². The third-order valence-corrected chi connectivity index (χ3v) is 3.63. The number of phenols is 1. The first-order chi connectivity index (χ1) is 11.3. The second-order valence-electron chi connectivity index (χ2n) is 5.18. The fraction of sp³-hybridized carbons (Fsp3) is 0.235. The van der Waals surface area contributed by atoms with Crippen molar-refractivity contribution in [1.82, 2.24) is 0 Å². The molecule has 0 radical (unpaired) electrons. The molecule has 6 nitrogen and oxygen atoms in total. The number of aldehydes is 1. The fourth-order valence-electron chi connectivity index (χ4n) is 2.36. The third kappa shape index (κ3) is 3.73. The van der Waals surface area contributed by atoms with Gasteiger partial charge in [0.25, 0.3) is 0 Å². The van der Waals surface area contributed by atoms with Gasteiger partial charge < -0.3 is 14.7 Å². The average molecular weight is 311 g/mol. The summed E-state index contributed by atoms with van der Waals surface area (Å²) in [5.41, 5.74) is 2.52. The van der Waals surface area contributed by atoms with Gasteiger partial charge in [-0.2, -0.15) is 5.11 Å². The van der Waals surface area contributed by atoms with Gasteiger partial charge >= 0.3 is 0 Å². The van der Waals surface area contributed by atoms with Crippen LogP contribution in [0.2, 0.25) is 0 Å². The summed E-state index contributed by atoms with van der Waals surface area (Å²) in [4.78, 5) is 13.0. The molecule has 0 spiro atoms. The number of ether oxygens (including phenoxy) is 1. The van der Waals surface area contributed by atoms with E-state index in [4.69, 9.17) is 4.74 Å². The Kier molecular flexibility index (Phi) is 4.63. The van der Waals surface area contributed by atoms with Crippen molar-refractivity contribution in [2.75, 3.05) is 31.2 Å². The predicted molar refractivity (Wildman–Crippen MR) is 87.1 cm³/mol. The first-order valence-corrected chi connectivity index (χ1v) is 7.39. The Morgan fingerprint density at radius 2 is 1.78 bits per heavy atom. The molecule has 1 aliphatic rings. The third-order valence-electron chi connectivity index (χ3n) is 3.63. The van der Waals surface area contributed by atoms with Crippen molar-refractivity contribution in [1.29, 1.82) is 0 Å². The van der Waals surface area contributed by atoms with Crippen molar-refractivity contribution in [2.45, 2.75) is 0 Å². The molecule has 23 heavy (non-hydrogen) atoms. The topological polar surface area (TPSA) is 74.5 Å². The maximum Gasteiger partial charge on any atom is 0.150 e. The molecule has 0 amide bonds. The van der Waals surface area contributed by atoms with Crippen LogP contribution in [0, 0.1) is 0 Å². The van der Waals surface area contributed by atoms with E-state index in [1.165, 1.54) is 18.2 Å². The van der Waals surface area contributed by atoms with Gasteiger partial charge in [0.1, 0.15) is 17.7 Å². The van der Waals surface area contributed by atoms with E-state index in [1.54, 1.807) is 0 Å². The second kappa shape index (κ2) is 7.02. The van der Waals surface area contributed by atoms with Crippen LogP contribution in [0.1, 0.15) is 10.4 Å². The number of azo groups is 1. The molecular formula is C17H17N3O3. The lowest BCUT2D eigenvalue weighted by atomic mass is 10.2. The second-order valence-corrected chi connectivity index (χ2v) is 5.18. The van der Waals surface area contributed by atoms with Crippen LogP contribution < -0.4 is 4.90 Å². The van der Waals surface area contributed by atoms with Crippen LogP contribution in [0.5, 0.6) is 5.75 Å². The summed E-state index contributed by atoms with van der Waals surface area (Å²) in [6.45, 7) is 3.25. The van der Waals surface area contributed by atoms with Gasteiger partial charge in [-0.15, -0.1) is 5.11 Å². The predicted octanol–water partition coefficient (Wildman–Crippen LogP) is 3.46. The van der Waals surface area contributed by atoms with Crippen molar-refractivity contribution in [3.63, 3.8) is 0 Å². The van der Waals surface area contributed by atoms with E-state index in [1.807, 2.05) is 24.3 Å². The molecule has 0 aliphatic carbocycles. The Morgan fingerprint density at radius 1 is 1.04 bits per heavy atom. The van der Waals surface area contributed by atoms with Gasteiger partial charge in [-0.25, -0.2) is 0 Å². The molecular weight excluding hydrogens is 294 g/mol. The van der Waals surface area contributed by atoms with Crippen LogP contribution in [0.15, 0.2) is 52.7 Å². The van der Waals surface area contributed by atoms with Gasteiger partial charge in [-0.3, -0.25) is 4.79 Å². The van der Waals surface area contributed by atoms with Gasteiger partial charge in [0, 0.05) is 24.3 Å². The lowest BCUT2D eigenvalue weighted by molar-refractivity contribution is 0.112. The van der Waals surface area contributed by atoms with Gasteiger partial charge in [0.05, 0.1) is 18.9 Å². The number of carbonyl (C=O) groups is 1. The lowest BCUT2D eigenvalue weighted by Gasteiger charge is -2.28. The first kappa shape index (κ1) is 15.2. The monoisotopic (exact) mass is 311 g/mol. The summed E-state index contributed by atoms with van der Waals surface area (Å²) in [7, 11) is 0. The Morgan fingerprint density at radius 3 is 2.48 bits per heavy atom. The zero-order valence-corrected chi connectivity index (χ0v) is 12.6. The molecule has 0 atom stereocenters.